The topological polar surface area (TPSA) is 80.9 Å². The molecule has 0 unspecified atom stereocenters. The fraction of sp³-hybridized carbons (Fsp3) is 0.476. The minimum absolute atomic E-state index is 0.0956. The lowest BCUT2D eigenvalue weighted by Gasteiger charge is -2.21. The summed E-state index contributed by atoms with van der Waals surface area (Å²) in [6, 6.07) is 8.31. The van der Waals surface area contributed by atoms with Gasteiger partial charge in [0.2, 0.25) is 11.9 Å². The van der Waals surface area contributed by atoms with Crippen LogP contribution in [-0.2, 0) is 4.79 Å². The van der Waals surface area contributed by atoms with Gasteiger partial charge < -0.3 is 11.1 Å². The van der Waals surface area contributed by atoms with Gasteiger partial charge in [0.15, 0.2) is 5.82 Å². The molecule has 5 nitrogen and oxygen atoms in total. The zero-order valence-corrected chi connectivity index (χ0v) is 15.7. The molecule has 144 valence electrons. The van der Waals surface area contributed by atoms with Gasteiger partial charge in [-0.05, 0) is 43.2 Å². The van der Waals surface area contributed by atoms with E-state index in [4.69, 9.17) is 5.73 Å². The summed E-state index contributed by atoms with van der Waals surface area (Å²) in [4.78, 5) is 18.2. The monoisotopic (exact) mass is 370 g/mol. The lowest BCUT2D eigenvalue weighted by molar-refractivity contribution is -0.119. The molecule has 0 atom stereocenters. The smallest absolute Gasteiger partial charge is 0.220 e. The highest BCUT2D eigenvalue weighted by atomic mass is 19.1. The van der Waals surface area contributed by atoms with Crippen molar-refractivity contribution >= 4 is 11.9 Å². The van der Waals surface area contributed by atoms with Crippen LogP contribution in [0.5, 0.6) is 0 Å². The minimum Gasteiger partial charge on any atom is -0.368 e. The van der Waals surface area contributed by atoms with Gasteiger partial charge in [0, 0.05) is 18.5 Å². The standard InChI is InChI=1S/C13H12FN3.C8H15NO/c14-11-7-16-13(15)17-12(11)10-3-1-2-9(6-10)8-4-5-8;1-7(10)9-8-5-3-2-4-6-8/h1-3,6-8H,4-5H2,(H2,15,16,17);8H,2-6H2,1H3,(H,9,10). The van der Waals surface area contributed by atoms with Crippen LogP contribution in [0.25, 0.3) is 11.3 Å². The Bertz CT molecular complexity index is 786. The number of hydrogen-bond acceptors (Lipinski definition) is 4. The van der Waals surface area contributed by atoms with E-state index < -0.39 is 5.82 Å². The van der Waals surface area contributed by atoms with Crippen molar-refractivity contribution in [3.05, 3.63) is 41.8 Å². The minimum atomic E-state index is -0.438. The number of carbonyl (C=O) groups is 1. The highest BCUT2D eigenvalue weighted by Gasteiger charge is 2.23. The summed E-state index contributed by atoms with van der Waals surface area (Å²) in [6.07, 6.45) is 9.82. The molecular formula is C21H27FN4O. The van der Waals surface area contributed by atoms with E-state index in [1.54, 1.807) is 6.92 Å². The van der Waals surface area contributed by atoms with Crippen molar-refractivity contribution in [1.82, 2.24) is 15.3 Å². The van der Waals surface area contributed by atoms with Crippen molar-refractivity contribution in [3.63, 3.8) is 0 Å². The van der Waals surface area contributed by atoms with E-state index in [1.807, 2.05) is 18.2 Å². The van der Waals surface area contributed by atoms with Crippen molar-refractivity contribution < 1.29 is 9.18 Å². The third kappa shape index (κ3) is 5.74. The normalized spacial score (nSPS) is 17.0. The van der Waals surface area contributed by atoms with E-state index >= 15 is 0 Å². The Morgan fingerprint density at radius 3 is 2.59 bits per heavy atom. The van der Waals surface area contributed by atoms with Gasteiger partial charge >= 0.3 is 0 Å². The Balaban J connectivity index is 0.000000180. The first-order valence-corrected chi connectivity index (χ1v) is 9.68. The first kappa shape index (κ1) is 19.3. The second-order valence-electron chi connectivity index (χ2n) is 7.36. The van der Waals surface area contributed by atoms with E-state index in [0.29, 0.717) is 12.0 Å². The zero-order valence-electron chi connectivity index (χ0n) is 15.7. The summed E-state index contributed by atoms with van der Waals surface area (Å²) >= 11 is 0. The van der Waals surface area contributed by atoms with E-state index in [9.17, 15) is 9.18 Å². The number of aromatic nitrogens is 2. The first-order valence-electron chi connectivity index (χ1n) is 9.68. The van der Waals surface area contributed by atoms with Crippen LogP contribution >= 0.6 is 0 Å². The molecule has 2 aliphatic rings. The van der Waals surface area contributed by atoms with Gasteiger partial charge in [-0.1, -0.05) is 37.5 Å². The van der Waals surface area contributed by atoms with E-state index in [2.05, 4.69) is 21.4 Å². The number of amides is 1. The molecular weight excluding hydrogens is 343 g/mol. The maximum atomic E-state index is 13.6. The number of nitrogens with two attached hydrogens (primary N) is 1. The van der Waals surface area contributed by atoms with Crippen LogP contribution in [0, 0.1) is 5.82 Å². The van der Waals surface area contributed by atoms with E-state index in [0.717, 1.165) is 11.8 Å². The summed E-state index contributed by atoms with van der Waals surface area (Å²) in [6.45, 7) is 1.59. The molecule has 6 heteroatoms. The van der Waals surface area contributed by atoms with Crippen LogP contribution in [0.3, 0.4) is 0 Å². The van der Waals surface area contributed by atoms with Gasteiger partial charge in [-0.2, -0.15) is 0 Å². The summed E-state index contributed by atoms with van der Waals surface area (Å²) in [5, 5.41) is 2.94. The Labute approximate surface area is 159 Å². The van der Waals surface area contributed by atoms with Gasteiger partial charge in [-0.25, -0.2) is 14.4 Å². The maximum absolute atomic E-state index is 13.6. The molecule has 2 fully saturated rings. The zero-order chi connectivity index (χ0) is 19.2. The highest BCUT2D eigenvalue weighted by molar-refractivity contribution is 5.73. The van der Waals surface area contributed by atoms with Crippen molar-refractivity contribution in [2.24, 2.45) is 0 Å². The summed E-state index contributed by atoms with van der Waals surface area (Å²) in [5.41, 5.74) is 7.78. The Hall–Kier alpha value is -2.50. The molecule has 0 spiro atoms. The lowest BCUT2D eigenvalue weighted by Crippen LogP contribution is -2.34. The summed E-state index contributed by atoms with van der Waals surface area (Å²) < 4.78 is 13.6. The molecule has 2 aromatic rings. The highest BCUT2D eigenvalue weighted by Crippen LogP contribution is 2.41. The second-order valence-corrected chi connectivity index (χ2v) is 7.36. The SMILES string of the molecule is CC(=O)NC1CCCCC1.Nc1ncc(F)c(-c2cccc(C3CC3)c2)n1. The number of benzene rings is 1. The Kier molecular flexibility index (Phi) is 6.37. The Morgan fingerprint density at radius 1 is 1.19 bits per heavy atom. The molecule has 1 aromatic carbocycles. The van der Waals surface area contributed by atoms with Crippen molar-refractivity contribution in [3.8, 4) is 11.3 Å². The largest absolute Gasteiger partial charge is 0.368 e. The van der Waals surface area contributed by atoms with Crippen LogP contribution in [-0.4, -0.2) is 21.9 Å². The number of nitrogens with zero attached hydrogens (tertiary/aromatic N) is 2. The van der Waals surface area contributed by atoms with E-state index in [1.165, 1.54) is 50.5 Å². The molecule has 2 aliphatic carbocycles. The number of nitrogens with one attached hydrogen (secondary N) is 1. The molecule has 0 saturated heterocycles. The predicted octanol–water partition coefficient (Wildman–Crippen LogP) is 4.20. The molecule has 1 amide bonds. The molecule has 4 rings (SSSR count). The quantitative estimate of drug-likeness (QED) is 0.848. The lowest BCUT2D eigenvalue weighted by atomic mass is 9.95. The average Bonchev–Trinajstić information content (AvgIpc) is 3.50. The van der Waals surface area contributed by atoms with Gasteiger partial charge in [-0.15, -0.1) is 0 Å². The number of halogens is 1. The molecule has 1 heterocycles. The number of rotatable bonds is 3. The maximum Gasteiger partial charge on any atom is 0.220 e. The van der Waals surface area contributed by atoms with Crippen LogP contribution in [0.4, 0.5) is 10.3 Å². The molecule has 0 radical (unpaired) electrons. The van der Waals surface area contributed by atoms with Crippen LogP contribution < -0.4 is 11.1 Å². The number of hydrogen-bond donors (Lipinski definition) is 2. The fourth-order valence-electron chi connectivity index (χ4n) is 3.47. The van der Waals surface area contributed by atoms with Crippen LogP contribution in [0.15, 0.2) is 30.5 Å². The molecule has 1 aromatic heterocycles. The molecule has 2 saturated carbocycles. The van der Waals surface area contributed by atoms with Crippen LogP contribution in [0.2, 0.25) is 0 Å². The molecule has 0 aliphatic heterocycles. The van der Waals surface area contributed by atoms with Gasteiger partial charge in [0.1, 0.15) is 5.69 Å². The molecule has 0 bridgehead atoms. The first-order chi connectivity index (χ1) is 13.0. The van der Waals surface area contributed by atoms with Gasteiger partial charge in [0.05, 0.1) is 6.20 Å². The fourth-order valence-corrected chi connectivity index (χ4v) is 3.47. The van der Waals surface area contributed by atoms with Crippen molar-refractivity contribution in [1.29, 1.82) is 0 Å². The van der Waals surface area contributed by atoms with Gasteiger partial charge in [-0.3, -0.25) is 4.79 Å². The van der Waals surface area contributed by atoms with Crippen molar-refractivity contribution in [2.45, 2.75) is 63.8 Å². The molecule has 27 heavy (non-hydrogen) atoms. The Morgan fingerprint density at radius 2 is 1.93 bits per heavy atom. The third-order valence-corrected chi connectivity index (χ3v) is 4.98. The van der Waals surface area contributed by atoms with Gasteiger partial charge in [0.25, 0.3) is 0 Å². The second kappa shape index (κ2) is 8.93. The molecule has 3 N–H and O–H groups in total. The summed E-state index contributed by atoms with van der Waals surface area (Å²) in [5.74, 6) is 0.412. The van der Waals surface area contributed by atoms with Crippen molar-refractivity contribution in [2.75, 3.05) is 5.73 Å². The van der Waals surface area contributed by atoms with Crippen LogP contribution in [0.1, 0.15) is 63.4 Å². The van der Waals surface area contributed by atoms with E-state index in [-0.39, 0.29) is 17.5 Å². The number of anilines is 1. The average molecular weight is 370 g/mol. The number of nitrogen functional groups attached to an aromatic ring is 1. The third-order valence-electron chi connectivity index (χ3n) is 4.98. The predicted molar refractivity (Wildman–Crippen MR) is 105 cm³/mol. The number of carbonyl (C=O) groups excluding carboxylic acids is 1. The summed E-state index contributed by atoms with van der Waals surface area (Å²) in [7, 11) is 0.